The topological polar surface area (TPSA) is 126 Å². The number of nitro benzene ring substituents is 1. The lowest BCUT2D eigenvalue weighted by Crippen LogP contribution is -2.13. The van der Waals surface area contributed by atoms with E-state index in [2.05, 4.69) is 5.32 Å². The number of aryl methyl sites for hydroxylation is 1. The summed E-state index contributed by atoms with van der Waals surface area (Å²) >= 11 is 5.89. The first-order valence-corrected chi connectivity index (χ1v) is 6.93. The van der Waals surface area contributed by atoms with E-state index in [0.717, 1.165) is 12.1 Å². The van der Waals surface area contributed by atoms with Gasteiger partial charge in [-0.2, -0.15) is 5.26 Å². The molecule has 0 saturated carbocycles. The van der Waals surface area contributed by atoms with E-state index in [1.165, 1.54) is 19.9 Å². The molecule has 0 unspecified atom stereocenters. The molecular weight excluding hydrogens is 338 g/mol. The number of anilines is 1. The number of amides is 1. The first kappa shape index (κ1) is 17.2. The number of nitrogens with one attached hydrogen (secondary N) is 1. The Bertz CT molecular complexity index is 911. The van der Waals surface area contributed by atoms with Gasteiger partial charge in [0, 0.05) is 12.1 Å². The van der Waals surface area contributed by atoms with Crippen molar-refractivity contribution in [2.24, 2.45) is 0 Å². The Morgan fingerprint density at radius 1 is 1.42 bits per heavy atom. The standard InChI is InChI=1S/C15H10ClN3O5/c1-7(20)13-8(2)24-15(11(13)6-17)18-14(21)10-5-9(19(22)23)3-4-12(10)16/h3-5H,1-2H3,(H,18,21). The maximum Gasteiger partial charge on any atom is 0.270 e. The van der Waals surface area contributed by atoms with Crippen LogP contribution >= 0.6 is 11.6 Å². The Hall–Kier alpha value is -3.18. The normalized spacial score (nSPS) is 10.1. The molecule has 122 valence electrons. The van der Waals surface area contributed by atoms with E-state index < -0.39 is 10.8 Å². The van der Waals surface area contributed by atoms with Gasteiger partial charge in [-0.05, 0) is 19.9 Å². The smallest absolute Gasteiger partial charge is 0.270 e. The number of nitro groups is 1. The summed E-state index contributed by atoms with van der Waals surface area (Å²) in [5, 5.41) is 22.3. The molecule has 0 aliphatic heterocycles. The maximum absolute atomic E-state index is 12.3. The largest absolute Gasteiger partial charge is 0.443 e. The molecule has 1 N–H and O–H groups in total. The molecule has 0 atom stereocenters. The Kier molecular flexibility index (Phi) is 4.66. The molecule has 2 aromatic rings. The second-order valence-corrected chi connectivity index (χ2v) is 5.19. The average molecular weight is 348 g/mol. The molecule has 1 aromatic heterocycles. The highest BCUT2D eigenvalue weighted by Gasteiger charge is 2.24. The number of non-ortho nitro benzene ring substituents is 1. The Morgan fingerprint density at radius 3 is 2.62 bits per heavy atom. The fraction of sp³-hybridized carbons (Fsp3) is 0.133. The molecule has 1 amide bonds. The van der Waals surface area contributed by atoms with Crippen molar-refractivity contribution in [2.45, 2.75) is 13.8 Å². The summed E-state index contributed by atoms with van der Waals surface area (Å²) in [6.45, 7) is 2.75. The number of nitrogens with zero attached hydrogens (tertiary/aromatic N) is 2. The summed E-state index contributed by atoms with van der Waals surface area (Å²) < 4.78 is 5.26. The lowest BCUT2D eigenvalue weighted by Gasteiger charge is -2.04. The Balaban J connectivity index is 2.43. The molecule has 0 bridgehead atoms. The van der Waals surface area contributed by atoms with Gasteiger partial charge >= 0.3 is 0 Å². The predicted molar refractivity (Wildman–Crippen MR) is 84.2 cm³/mol. The van der Waals surface area contributed by atoms with E-state index in [4.69, 9.17) is 16.0 Å². The maximum atomic E-state index is 12.3. The molecule has 0 aliphatic carbocycles. The lowest BCUT2D eigenvalue weighted by molar-refractivity contribution is -0.384. The highest BCUT2D eigenvalue weighted by atomic mass is 35.5. The van der Waals surface area contributed by atoms with E-state index in [1.807, 2.05) is 0 Å². The van der Waals surface area contributed by atoms with Gasteiger partial charge in [0.25, 0.3) is 11.6 Å². The van der Waals surface area contributed by atoms with Crippen LogP contribution in [0.3, 0.4) is 0 Å². The highest BCUT2D eigenvalue weighted by molar-refractivity contribution is 6.34. The number of carbonyl (C=O) groups is 2. The summed E-state index contributed by atoms with van der Waals surface area (Å²) in [4.78, 5) is 34.0. The number of furan rings is 1. The minimum Gasteiger partial charge on any atom is -0.443 e. The van der Waals surface area contributed by atoms with Gasteiger partial charge in [0.15, 0.2) is 5.78 Å². The van der Waals surface area contributed by atoms with Crippen molar-refractivity contribution in [1.29, 1.82) is 5.26 Å². The van der Waals surface area contributed by atoms with Gasteiger partial charge in [0.05, 0.1) is 21.1 Å². The van der Waals surface area contributed by atoms with E-state index in [0.29, 0.717) is 0 Å². The summed E-state index contributed by atoms with van der Waals surface area (Å²) in [5.41, 5.74) is -0.522. The number of rotatable bonds is 4. The number of ketones is 1. The zero-order valence-corrected chi connectivity index (χ0v) is 13.3. The van der Waals surface area contributed by atoms with Gasteiger partial charge in [-0.15, -0.1) is 0 Å². The molecule has 8 nitrogen and oxygen atoms in total. The van der Waals surface area contributed by atoms with E-state index >= 15 is 0 Å². The SMILES string of the molecule is CC(=O)c1c(C)oc(NC(=O)c2cc([N+](=O)[O-])ccc2Cl)c1C#N. The minimum atomic E-state index is -0.802. The van der Waals surface area contributed by atoms with Crippen molar-refractivity contribution < 1.29 is 18.9 Å². The molecular formula is C15H10ClN3O5. The van der Waals surface area contributed by atoms with E-state index in [9.17, 15) is 25.0 Å². The van der Waals surface area contributed by atoms with Crippen LogP contribution in [-0.2, 0) is 0 Å². The Morgan fingerprint density at radius 2 is 2.08 bits per heavy atom. The van der Waals surface area contributed by atoms with Crippen molar-refractivity contribution in [3.8, 4) is 6.07 Å². The van der Waals surface area contributed by atoms with Crippen molar-refractivity contribution in [3.63, 3.8) is 0 Å². The number of carbonyl (C=O) groups excluding carboxylic acids is 2. The summed E-state index contributed by atoms with van der Waals surface area (Å²) in [5.74, 6) is -1.22. The van der Waals surface area contributed by atoms with Gasteiger partial charge < -0.3 is 4.42 Å². The predicted octanol–water partition coefficient (Wildman–Crippen LogP) is 3.48. The lowest BCUT2D eigenvalue weighted by atomic mass is 10.1. The summed E-state index contributed by atoms with van der Waals surface area (Å²) in [6.07, 6.45) is 0. The molecule has 0 radical (unpaired) electrons. The molecule has 1 heterocycles. The fourth-order valence-electron chi connectivity index (χ4n) is 2.13. The van der Waals surface area contributed by atoms with Gasteiger partial charge in [-0.3, -0.25) is 25.0 Å². The average Bonchev–Trinajstić information content (AvgIpc) is 2.82. The van der Waals surface area contributed by atoms with Crippen LogP contribution in [0, 0.1) is 28.4 Å². The van der Waals surface area contributed by atoms with Crippen LogP contribution < -0.4 is 5.32 Å². The number of hydrogen-bond donors (Lipinski definition) is 1. The number of halogens is 1. The third kappa shape index (κ3) is 3.11. The minimum absolute atomic E-state index is 0.00771. The van der Waals surface area contributed by atoms with Gasteiger partial charge in [-0.1, -0.05) is 11.6 Å². The summed E-state index contributed by atoms with van der Waals surface area (Å²) in [7, 11) is 0. The van der Waals surface area contributed by atoms with Crippen LogP contribution in [0.1, 0.15) is 39.0 Å². The van der Waals surface area contributed by atoms with E-state index in [-0.39, 0.29) is 44.8 Å². The molecule has 0 spiro atoms. The van der Waals surface area contributed by atoms with Crippen LogP contribution in [0.25, 0.3) is 0 Å². The van der Waals surface area contributed by atoms with Crippen LogP contribution in [0.5, 0.6) is 0 Å². The monoisotopic (exact) mass is 347 g/mol. The number of hydrogen-bond acceptors (Lipinski definition) is 6. The zero-order valence-electron chi connectivity index (χ0n) is 12.5. The van der Waals surface area contributed by atoms with Gasteiger partial charge in [0.1, 0.15) is 17.4 Å². The van der Waals surface area contributed by atoms with Crippen molar-refractivity contribution in [3.05, 3.63) is 55.8 Å². The molecule has 0 saturated heterocycles. The first-order chi connectivity index (χ1) is 11.3. The van der Waals surface area contributed by atoms with E-state index in [1.54, 1.807) is 6.07 Å². The fourth-order valence-corrected chi connectivity index (χ4v) is 2.34. The highest BCUT2D eigenvalue weighted by Crippen LogP contribution is 2.28. The molecule has 24 heavy (non-hydrogen) atoms. The van der Waals surface area contributed by atoms with Crippen molar-refractivity contribution in [1.82, 2.24) is 0 Å². The van der Waals surface area contributed by atoms with Crippen LogP contribution in [0.4, 0.5) is 11.6 Å². The Labute approximate surface area is 140 Å². The van der Waals surface area contributed by atoms with Crippen molar-refractivity contribution >= 4 is 34.9 Å². The number of nitriles is 1. The van der Waals surface area contributed by atoms with Gasteiger partial charge in [0.2, 0.25) is 5.88 Å². The van der Waals surface area contributed by atoms with Crippen LogP contribution in [0.15, 0.2) is 22.6 Å². The quantitative estimate of drug-likeness (QED) is 0.512. The number of benzene rings is 1. The molecule has 0 fully saturated rings. The molecule has 1 aromatic carbocycles. The third-order valence-electron chi connectivity index (χ3n) is 3.18. The summed E-state index contributed by atoms with van der Waals surface area (Å²) in [6, 6.07) is 5.18. The molecule has 2 rings (SSSR count). The second kappa shape index (κ2) is 6.52. The van der Waals surface area contributed by atoms with Crippen molar-refractivity contribution in [2.75, 3.05) is 5.32 Å². The first-order valence-electron chi connectivity index (χ1n) is 6.56. The van der Waals surface area contributed by atoms with Gasteiger partial charge in [-0.25, -0.2) is 0 Å². The second-order valence-electron chi connectivity index (χ2n) is 4.78. The van der Waals surface area contributed by atoms with Crippen LogP contribution in [-0.4, -0.2) is 16.6 Å². The zero-order chi connectivity index (χ0) is 18.0. The van der Waals surface area contributed by atoms with Crippen LogP contribution in [0.2, 0.25) is 5.02 Å². The third-order valence-corrected chi connectivity index (χ3v) is 3.51. The number of Topliss-reactive ketones (excluding diaryl/α,β-unsaturated/α-hetero) is 1. The molecule has 9 heteroatoms. The molecule has 0 aliphatic rings.